The van der Waals surface area contributed by atoms with Crippen molar-refractivity contribution in [3.05, 3.63) is 73.1 Å². The molecule has 0 aliphatic heterocycles. The van der Waals surface area contributed by atoms with E-state index in [1.807, 2.05) is 42.5 Å². The van der Waals surface area contributed by atoms with Crippen molar-refractivity contribution in [2.24, 2.45) is 7.05 Å². The third kappa shape index (κ3) is 3.24. The van der Waals surface area contributed by atoms with Crippen LogP contribution < -0.4 is 11.2 Å². The molecule has 7 heteroatoms. The number of benzene rings is 1. The third-order valence-corrected chi connectivity index (χ3v) is 3.79. The van der Waals surface area contributed by atoms with Gasteiger partial charge in [-0.1, -0.05) is 46.3 Å². The first-order chi connectivity index (χ1) is 11.0. The lowest BCUT2D eigenvalue weighted by molar-refractivity contribution is 0.919. The first-order valence-electron chi connectivity index (χ1n) is 6.84. The van der Waals surface area contributed by atoms with Crippen LogP contribution in [0.1, 0.15) is 11.4 Å². The summed E-state index contributed by atoms with van der Waals surface area (Å²) in [7, 11) is 1.72. The fraction of sp³-hybridized carbons (Fsp3) is 0.0625. The molecule has 2 heterocycles. The van der Waals surface area contributed by atoms with Gasteiger partial charge in [0.25, 0.3) is 5.56 Å². The highest BCUT2D eigenvalue weighted by Crippen LogP contribution is 2.13. The van der Waals surface area contributed by atoms with E-state index in [1.54, 1.807) is 17.7 Å². The minimum Gasteiger partial charge on any atom is -0.322 e. The Morgan fingerprint density at radius 1 is 1.17 bits per heavy atom. The highest BCUT2D eigenvalue weighted by atomic mass is 79.9. The lowest BCUT2D eigenvalue weighted by Gasteiger charge is -1.95. The fourth-order valence-electron chi connectivity index (χ4n) is 2.23. The molecule has 0 radical (unpaired) electrons. The second-order valence-corrected chi connectivity index (χ2v) is 5.82. The molecule has 2 N–H and O–H groups in total. The summed E-state index contributed by atoms with van der Waals surface area (Å²) in [5.74, 6) is 0.575. The number of H-pyrrole nitrogens is 2. The summed E-state index contributed by atoms with van der Waals surface area (Å²) in [6, 6.07) is 7.92. The third-order valence-electron chi connectivity index (χ3n) is 3.30. The molecule has 0 fully saturated rings. The lowest BCUT2D eigenvalue weighted by atomic mass is 10.2. The van der Waals surface area contributed by atoms with Crippen LogP contribution in [0.25, 0.3) is 23.3 Å². The molecule has 0 spiro atoms. The van der Waals surface area contributed by atoms with Gasteiger partial charge in [-0.3, -0.25) is 14.8 Å². The molecular formula is C16H13BrN4O2. The normalized spacial score (nSPS) is 11.9. The van der Waals surface area contributed by atoms with Crippen molar-refractivity contribution in [2.45, 2.75) is 0 Å². The minimum absolute atomic E-state index is 0.275. The number of allylic oxidation sites excluding steroid dienone is 2. The van der Waals surface area contributed by atoms with Crippen LogP contribution in [0.4, 0.5) is 0 Å². The number of nitrogens with one attached hydrogen (secondary N) is 2. The molecule has 116 valence electrons. The first-order valence-corrected chi connectivity index (χ1v) is 7.63. The Labute approximate surface area is 139 Å². The highest BCUT2D eigenvalue weighted by Gasteiger charge is 2.09. The molecule has 3 rings (SSSR count). The number of hydrogen-bond donors (Lipinski definition) is 2. The van der Waals surface area contributed by atoms with Crippen LogP contribution in [-0.2, 0) is 7.05 Å². The summed E-state index contributed by atoms with van der Waals surface area (Å²) in [6.07, 6.45) is 7.44. The topological polar surface area (TPSA) is 83.5 Å². The number of imidazole rings is 1. The van der Waals surface area contributed by atoms with Gasteiger partial charge in [0.1, 0.15) is 5.82 Å². The van der Waals surface area contributed by atoms with Crippen LogP contribution in [0.15, 0.2) is 50.5 Å². The van der Waals surface area contributed by atoms with Crippen LogP contribution in [0.5, 0.6) is 0 Å². The van der Waals surface area contributed by atoms with Gasteiger partial charge in [0.15, 0.2) is 11.2 Å². The van der Waals surface area contributed by atoms with E-state index in [1.165, 1.54) is 0 Å². The van der Waals surface area contributed by atoms with Gasteiger partial charge in [0.2, 0.25) is 0 Å². The van der Waals surface area contributed by atoms with E-state index in [0.717, 1.165) is 10.0 Å². The summed E-state index contributed by atoms with van der Waals surface area (Å²) < 4.78 is 2.65. The van der Waals surface area contributed by atoms with Crippen molar-refractivity contribution < 1.29 is 0 Å². The predicted octanol–water partition coefficient (Wildman–Crippen LogP) is 2.44. The number of aryl methyl sites for hydroxylation is 1. The Kier molecular flexibility index (Phi) is 4.12. The molecule has 0 saturated carbocycles. The van der Waals surface area contributed by atoms with E-state index in [0.29, 0.717) is 11.3 Å². The second kappa shape index (κ2) is 6.21. The molecular weight excluding hydrogens is 360 g/mol. The SMILES string of the molecule is Cn1c(/C=C/C=C/c2cccc(Br)c2)nc2[nH]c(=O)[nH]c(=O)c21. The Bertz CT molecular complexity index is 1040. The quantitative estimate of drug-likeness (QED) is 0.692. The maximum Gasteiger partial charge on any atom is 0.327 e. The molecule has 0 atom stereocenters. The Hall–Kier alpha value is -2.67. The van der Waals surface area contributed by atoms with Gasteiger partial charge in [-0.05, 0) is 23.8 Å². The van der Waals surface area contributed by atoms with Gasteiger partial charge in [0, 0.05) is 11.5 Å². The number of rotatable bonds is 3. The Morgan fingerprint density at radius 3 is 2.74 bits per heavy atom. The van der Waals surface area contributed by atoms with Crippen molar-refractivity contribution in [1.29, 1.82) is 0 Å². The van der Waals surface area contributed by atoms with Crippen LogP contribution in [0.3, 0.4) is 0 Å². The van der Waals surface area contributed by atoms with Crippen molar-refractivity contribution in [1.82, 2.24) is 19.5 Å². The molecule has 6 nitrogen and oxygen atoms in total. The molecule has 3 aromatic rings. The summed E-state index contributed by atoms with van der Waals surface area (Å²) in [5, 5.41) is 0. The highest BCUT2D eigenvalue weighted by molar-refractivity contribution is 9.10. The first kappa shape index (κ1) is 15.2. The van der Waals surface area contributed by atoms with E-state index < -0.39 is 11.2 Å². The van der Waals surface area contributed by atoms with Gasteiger partial charge < -0.3 is 4.57 Å². The molecule has 0 amide bonds. The van der Waals surface area contributed by atoms with Gasteiger partial charge in [0.05, 0.1) is 0 Å². The standard InChI is InChI=1S/C16H13BrN4O2/c1-21-12(18-14-13(21)15(22)20-16(23)19-14)8-3-2-5-10-6-4-7-11(17)9-10/h2-9H,1H3,(H2,19,20,22,23)/b5-2+,8-3+. The van der Waals surface area contributed by atoms with Gasteiger partial charge >= 0.3 is 5.69 Å². The summed E-state index contributed by atoms with van der Waals surface area (Å²) >= 11 is 3.42. The number of fused-ring (bicyclic) bond motifs is 1. The molecule has 0 saturated heterocycles. The van der Waals surface area contributed by atoms with Crippen molar-refractivity contribution in [3.8, 4) is 0 Å². The van der Waals surface area contributed by atoms with E-state index in [-0.39, 0.29) is 5.65 Å². The maximum atomic E-state index is 11.8. The molecule has 23 heavy (non-hydrogen) atoms. The van der Waals surface area contributed by atoms with Crippen molar-refractivity contribution >= 4 is 39.2 Å². The van der Waals surface area contributed by atoms with Gasteiger partial charge in [-0.25, -0.2) is 9.78 Å². The number of aromatic nitrogens is 4. The zero-order chi connectivity index (χ0) is 16.4. The zero-order valence-corrected chi connectivity index (χ0v) is 13.8. The number of aromatic amines is 2. The van der Waals surface area contributed by atoms with Crippen molar-refractivity contribution in [2.75, 3.05) is 0 Å². The molecule has 0 aliphatic carbocycles. The van der Waals surface area contributed by atoms with Crippen LogP contribution in [0, 0.1) is 0 Å². The monoisotopic (exact) mass is 372 g/mol. The largest absolute Gasteiger partial charge is 0.327 e. The molecule has 0 aliphatic rings. The number of nitrogens with zero attached hydrogens (tertiary/aromatic N) is 2. The van der Waals surface area contributed by atoms with Crippen LogP contribution in [0.2, 0.25) is 0 Å². The van der Waals surface area contributed by atoms with E-state index >= 15 is 0 Å². The minimum atomic E-state index is -0.564. The Morgan fingerprint density at radius 2 is 1.96 bits per heavy atom. The average Bonchev–Trinajstić information content (AvgIpc) is 2.80. The number of halogens is 1. The van der Waals surface area contributed by atoms with Crippen LogP contribution >= 0.6 is 15.9 Å². The average molecular weight is 373 g/mol. The second-order valence-electron chi connectivity index (χ2n) is 4.91. The zero-order valence-electron chi connectivity index (χ0n) is 12.2. The predicted molar refractivity (Wildman–Crippen MR) is 94.2 cm³/mol. The van der Waals surface area contributed by atoms with Gasteiger partial charge in [-0.2, -0.15) is 0 Å². The van der Waals surface area contributed by atoms with E-state index in [4.69, 9.17) is 0 Å². The molecule has 0 bridgehead atoms. The van der Waals surface area contributed by atoms with Crippen LogP contribution in [-0.4, -0.2) is 19.5 Å². The summed E-state index contributed by atoms with van der Waals surface area (Å²) in [5.41, 5.74) is 0.653. The smallest absolute Gasteiger partial charge is 0.322 e. The molecule has 2 aromatic heterocycles. The van der Waals surface area contributed by atoms with Crippen molar-refractivity contribution in [3.63, 3.8) is 0 Å². The summed E-state index contributed by atoms with van der Waals surface area (Å²) in [6.45, 7) is 0. The van der Waals surface area contributed by atoms with E-state index in [9.17, 15) is 9.59 Å². The molecule has 0 unspecified atom stereocenters. The Balaban J connectivity index is 1.90. The van der Waals surface area contributed by atoms with Gasteiger partial charge in [-0.15, -0.1) is 0 Å². The fourth-order valence-corrected chi connectivity index (χ4v) is 2.65. The summed E-state index contributed by atoms with van der Waals surface area (Å²) in [4.78, 5) is 32.0. The lowest BCUT2D eigenvalue weighted by Crippen LogP contribution is -2.22. The maximum absolute atomic E-state index is 11.8. The number of hydrogen-bond acceptors (Lipinski definition) is 3. The van der Waals surface area contributed by atoms with E-state index in [2.05, 4.69) is 30.9 Å². The molecule has 1 aromatic carbocycles.